The van der Waals surface area contributed by atoms with Gasteiger partial charge in [-0.1, -0.05) is 19.1 Å². The Balaban J connectivity index is 2.38. The molecule has 1 heterocycles. The Labute approximate surface area is 115 Å². The summed E-state index contributed by atoms with van der Waals surface area (Å²) >= 11 is 0. The maximum absolute atomic E-state index is 12.7. The quantitative estimate of drug-likeness (QED) is 0.941. The molecule has 108 valence electrons. The summed E-state index contributed by atoms with van der Waals surface area (Å²) in [6.07, 6.45) is -3.61. The monoisotopic (exact) mass is 283 g/mol. The van der Waals surface area contributed by atoms with Gasteiger partial charge in [-0.05, 0) is 30.2 Å². The minimum Gasteiger partial charge on any atom is -0.319 e. The zero-order chi connectivity index (χ0) is 14.9. The van der Waals surface area contributed by atoms with Crippen LogP contribution in [0.4, 0.5) is 13.2 Å². The van der Waals surface area contributed by atoms with Gasteiger partial charge in [0.15, 0.2) is 0 Å². The summed E-state index contributed by atoms with van der Waals surface area (Å²) < 4.78 is 39.8. The van der Waals surface area contributed by atoms with Crippen molar-refractivity contribution in [3.8, 4) is 0 Å². The van der Waals surface area contributed by atoms with Gasteiger partial charge < -0.3 is 5.73 Å². The van der Waals surface area contributed by atoms with E-state index in [2.05, 4.69) is 5.10 Å². The number of nitrogens with zero attached hydrogens (tertiary/aromatic N) is 2. The predicted octanol–water partition coefficient (Wildman–Crippen LogP) is 3.05. The molecule has 6 heteroatoms. The second-order valence-electron chi connectivity index (χ2n) is 4.64. The number of nitrogens with two attached hydrogens (primary N) is 1. The first-order valence-corrected chi connectivity index (χ1v) is 6.28. The first kappa shape index (κ1) is 14.6. The Hall–Kier alpha value is -1.82. The van der Waals surface area contributed by atoms with Crippen LogP contribution >= 0.6 is 0 Å². The standard InChI is InChI=1S/C14H16F3N3/c1-3-11-8-12(20(2)19-11)13(18)9-5-4-6-10(7-9)14(15,16)17/h4-8,13H,3,18H2,1-2H3. The molecule has 1 aromatic carbocycles. The van der Waals surface area contributed by atoms with Gasteiger partial charge in [0.2, 0.25) is 0 Å². The van der Waals surface area contributed by atoms with Crippen molar-refractivity contribution in [1.82, 2.24) is 9.78 Å². The van der Waals surface area contributed by atoms with E-state index in [1.165, 1.54) is 6.07 Å². The lowest BCUT2D eigenvalue weighted by molar-refractivity contribution is -0.137. The third-order valence-electron chi connectivity index (χ3n) is 3.22. The molecule has 0 radical (unpaired) electrons. The minimum absolute atomic E-state index is 0.422. The lowest BCUT2D eigenvalue weighted by Crippen LogP contribution is -2.17. The molecule has 20 heavy (non-hydrogen) atoms. The Morgan fingerprint density at radius 3 is 2.55 bits per heavy atom. The average Bonchev–Trinajstić information content (AvgIpc) is 2.78. The fraction of sp³-hybridized carbons (Fsp3) is 0.357. The fourth-order valence-electron chi connectivity index (χ4n) is 2.09. The SMILES string of the molecule is CCc1cc(C(N)c2cccc(C(F)(F)F)c2)n(C)n1. The Morgan fingerprint density at radius 2 is 2.00 bits per heavy atom. The molecule has 0 spiro atoms. The summed E-state index contributed by atoms with van der Waals surface area (Å²) in [4.78, 5) is 0. The molecule has 0 aliphatic heterocycles. The summed E-state index contributed by atoms with van der Waals surface area (Å²) in [6, 6.07) is 6.29. The Morgan fingerprint density at radius 1 is 1.30 bits per heavy atom. The van der Waals surface area contributed by atoms with E-state index in [1.54, 1.807) is 17.8 Å². The van der Waals surface area contributed by atoms with Crippen LogP contribution in [-0.4, -0.2) is 9.78 Å². The summed E-state index contributed by atoms with van der Waals surface area (Å²) in [7, 11) is 1.74. The highest BCUT2D eigenvalue weighted by Crippen LogP contribution is 2.31. The summed E-state index contributed by atoms with van der Waals surface area (Å²) in [5, 5.41) is 4.26. The van der Waals surface area contributed by atoms with Crippen molar-refractivity contribution in [2.24, 2.45) is 12.8 Å². The molecule has 0 aliphatic rings. The molecule has 0 aliphatic carbocycles. The van der Waals surface area contributed by atoms with Gasteiger partial charge in [-0.3, -0.25) is 4.68 Å². The number of hydrogen-bond donors (Lipinski definition) is 1. The third kappa shape index (κ3) is 2.85. The second kappa shape index (κ2) is 5.28. The normalized spacial score (nSPS) is 13.5. The number of rotatable bonds is 3. The number of halogens is 3. The number of aromatic nitrogens is 2. The maximum Gasteiger partial charge on any atom is 0.416 e. The highest BCUT2D eigenvalue weighted by atomic mass is 19.4. The Bertz CT molecular complexity index is 602. The van der Waals surface area contributed by atoms with E-state index in [0.29, 0.717) is 11.3 Å². The van der Waals surface area contributed by atoms with Crippen LogP contribution in [0.3, 0.4) is 0 Å². The summed E-state index contributed by atoms with van der Waals surface area (Å²) in [6.45, 7) is 1.96. The van der Waals surface area contributed by atoms with Crippen LogP contribution in [0.2, 0.25) is 0 Å². The van der Waals surface area contributed by atoms with Crippen molar-refractivity contribution in [3.05, 3.63) is 52.8 Å². The smallest absolute Gasteiger partial charge is 0.319 e. The van der Waals surface area contributed by atoms with Gasteiger partial charge in [0.1, 0.15) is 0 Å². The van der Waals surface area contributed by atoms with Crippen molar-refractivity contribution in [2.75, 3.05) is 0 Å². The topological polar surface area (TPSA) is 43.8 Å². The van der Waals surface area contributed by atoms with Crippen LogP contribution in [0, 0.1) is 0 Å². The van der Waals surface area contributed by atoms with Gasteiger partial charge in [-0.25, -0.2) is 0 Å². The molecule has 2 aromatic rings. The molecule has 1 unspecified atom stereocenters. The number of benzene rings is 1. The first-order valence-electron chi connectivity index (χ1n) is 6.28. The molecule has 2 N–H and O–H groups in total. The third-order valence-corrected chi connectivity index (χ3v) is 3.22. The van der Waals surface area contributed by atoms with Crippen LogP contribution in [0.1, 0.15) is 35.5 Å². The average molecular weight is 283 g/mol. The van der Waals surface area contributed by atoms with Gasteiger partial charge in [0, 0.05) is 7.05 Å². The first-order chi connectivity index (χ1) is 9.32. The molecule has 3 nitrogen and oxygen atoms in total. The molecule has 0 saturated carbocycles. The molecular formula is C14H16F3N3. The van der Waals surface area contributed by atoms with E-state index < -0.39 is 17.8 Å². The van der Waals surface area contributed by atoms with Gasteiger partial charge in [0.25, 0.3) is 0 Å². The lowest BCUT2D eigenvalue weighted by atomic mass is 10.0. The predicted molar refractivity (Wildman–Crippen MR) is 70.1 cm³/mol. The zero-order valence-electron chi connectivity index (χ0n) is 11.3. The fourth-order valence-corrected chi connectivity index (χ4v) is 2.09. The molecule has 0 fully saturated rings. The van der Waals surface area contributed by atoms with E-state index in [1.807, 2.05) is 13.0 Å². The van der Waals surface area contributed by atoms with E-state index >= 15 is 0 Å². The zero-order valence-corrected chi connectivity index (χ0v) is 11.3. The largest absolute Gasteiger partial charge is 0.416 e. The molecule has 0 amide bonds. The van der Waals surface area contributed by atoms with Crippen molar-refractivity contribution in [1.29, 1.82) is 0 Å². The molecule has 1 aromatic heterocycles. The molecule has 0 saturated heterocycles. The van der Waals surface area contributed by atoms with Gasteiger partial charge in [-0.15, -0.1) is 0 Å². The maximum atomic E-state index is 12.7. The van der Waals surface area contributed by atoms with Crippen LogP contribution in [0.25, 0.3) is 0 Å². The Kier molecular flexibility index (Phi) is 3.85. The number of aryl methyl sites for hydroxylation is 2. The van der Waals surface area contributed by atoms with Crippen LogP contribution < -0.4 is 5.73 Å². The van der Waals surface area contributed by atoms with E-state index in [-0.39, 0.29) is 0 Å². The van der Waals surface area contributed by atoms with E-state index in [4.69, 9.17) is 5.73 Å². The highest BCUT2D eigenvalue weighted by molar-refractivity contribution is 5.33. The van der Waals surface area contributed by atoms with Crippen LogP contribution in [0.5, 0.6) is 0 Å². The molecular weight excluding hydrogens is 267 g/mol. The van der Waals surface area contributed by atoms with Gasteiger partial charge in [0.05, 0.1) is 23.0 Å². The lowest BCUT2D eigenvalue weighted by Gasteiger charge is -2.14. The number of alkyl halides is 3. The highest BCUT2D eigenvalue weighted by Gasteiger charge is 2.31. The molecule has 1 atom stereocenters. The van der Waals surface area contributed by atoms with Crippen molar-refractivity contribution in [3.63, 3.8) is 0 Å². The van der Waals surface area contributed by atoms with Crippen molar-refractivity contribution >= 4 is 0 Å². The van der Waals surface area contributed by atoms with Crippen molar-refractivity contribution < 1.29 is 13.2 Å². The number of hydrogen-bond acceptors (Lipinski definition) is 2. The van der Waals surface area contributed by atoms with Gasteiger partial charge in [-0.2, -0.15) is 18.3 Å². The van der Waals surface area contributed by atoms with Crippen LogP contribution in [0.15, 0.2) is 30.3 Å². The summed E-state index contributed by atoms with van der Waals surface area (Å²) in [5.74, 6) is 0. The molecule has 2 rings (SSSR count). The minimum atomic E-state index is -4.36. The van der Waals surface area contributed by atoms with E-state index in [9.17, 15) is 13.2 Å². The molecule has 0 bridgehead atoms. The van der Waals surface area contributed by atoms with Crippen LogP contribution in [-0.2, 0) is 19.6 Å². The van der Waals surface area contributed by atoms with E-state index in [0.717, 1.165) is 24.2 Å². The summed E-state index contributed by atoms with van der Waals surface area (Å²) in [5.41, 5.74) is 7.36. The van der Waals surface area contributed by atoms with Crippen molar-refractivity contribution in [2.45, 2.75) is 25.6 Å². The van der Waals surface area contributed by atoms with Gasteiger partial charge >= 0.3 is 6.18 Å². The second-order valence-corrected chi connectivity index (χ2v) is 4.64.